The molecule has 0 radical (unpaired) electrons. The fourth-order valence-corrected chi connectivity index (χ4v) is 9.63. The number of nitrogens with zero attached hydrogens (tertiary/aromatic N) is 2. The highest BCUT2D eigenvalue weighted by Crippen LogP contribution is 2.18. The third-order valence-corrected chi connectivity index (χ3v) is 11.7. The van der Waals surface area contributed by atoms with E-state index >= 15 is 0 Å². The summed E-state index contributed by atoms with van der Waals surface area (Å²) < 4.78 is 36.8. The van der Waals surface area contributed by atoms with E-state index in [0.29, 0.717) is 0 Å². The molecule has 0 saturated heterocycles. The first kappa shape index (κ1) is 30.2. The van der Waals surface area contributed by atoms with Gasteiger partial charge in [0.25, 0.3) is 22.2 Å². The van der Waals surface area contributed by atoms with E-state index in [1.165, 1.54) is 12.1 Å². The van der Waals surface area contributed by atoms with E-state index in [2.05, 4.69) is 0 Å². The van der Waals surface area contributed by atoms with Crippen LogP contribution in [0.4, 0.5) is 0 Å². The summed E-state index contributed by atoms with van der Waals surface area (Å²) in [6.45, 7) is 12.3. The largest absolute Gasteiger partial charge is 0.522 e. The summed E-state index contributed by atoms with van der Waals surface area (Å²) in [7, 11) is -6.78. The summed E-state index contributed by atoms with van der Waals surface area (Å²) in [5.41, 5.74) is -2.43. The lowest BCUT2D eigenvalue weighted by Crippen LogP contribution is -2.53. The van der Waals surface area contributed by atoms with E-state index in [-0.39, 0.29) is 73.5 Å². The Morgan fingerprint density at radius 3 is 0.868 bits per heavy atom. The van der Waals surface area contributed by atoms with Gasteiger partial charge in [0.1, 0.15) is 0 Å². The monoisotopic (exact) mass is 568 g/mol. The molecule has 2 aromatic heterocycles. The minimum Gasteiger partial charge on any atom is -0.373 e. The molecule has 3 aromatic rings. The molecule has 12 nitrogen and oxygen atoms in total. The molecule has 0 spiro atoms. The van der Waals surface area contributed by atoms with E-state index in [0.717, 1.165) is 9.13 Å². The van der Waals surface area contributed by atoms with Crippen molar-refractivity contribution in [2.24, 2.45) is 0 Å². The van der Waals surface area contributed by atoms with Gasteiger partial charge in [-0.05, 0) is 53.7 Å². The second-order valence-corrected chi connectivity index (χ2v) is 13.4. The maximum absolute atomic E-state index is 13.3. The van der Waals surface area contributed by atoms with Gasteiger partial charge in [-0.25, -0.2) is 0 Å². The Bertz CT molecular complexity index is 1240. The van der Waals surface area contributed by atoms with Crippen LogP contribution >= 0.6 is 0 Å². The van der Waals surface area contributed by atoms with Crippen LogP contribution in [0.2, 0.25) is 0 Å². The fourth-order valence-electron chi connectivity index (χ4n) is 4.59. The van der Waals surface area contributed by atoms with Gasteiger partial charge in [-0.15, -0.1) is 0 Å². The second-order valence-electron chi connectivity index (χ2n) is 8.30. The lowest BCUT2D eigenvalue weighted by atomic mass is 10.1. The van der Waals surface area contributed by atoms with Crippen molar-refractivity contribution in [1.82, 2.24) is 9.13 Å². The smallest absolute Gasteiger partial charge is 0.373 e. The molecule has 1 aromatic carbocycles. The summed E-state index contributed by atoms with van der Waals surface area (Å²) in [4.78, 5) is 53.4. The van der Waals surface area contributed by atoms with E-state index in [1.807, 2.05) is 0 Å². The van der Waals surface area contributed by atoms with Crippen LogP contribution in [0, 0.1) is 0 Å². The maximum atomic E-state index is 13.3. The minimum atomic E-state index is -3.39. The van der Waals surface area contributed by atoms with Crippen molar-refractivity contribution in [3.63, 3.8) is 0 Å². The molecule has 14 heteroatoms. The maximum Gasteiger partial charge on any atom is 0.522 e. The number of fused-ring (bicyclic) bond motifs is 2. The zero-order valence-electron chi connectivity index (χ0n) is 22.8. The Kier molecular flexibility index (Phi) is 10.1. The van der Waals surface area contributed by atoms with E-state index in [1.54, 1.807) is 41.5 Å². The standard InChI is InChI=1S/C24H36N2O10Si2/c1-7-31-37(32-8-2,33-9-3)15-25-21(27)17-13-19-20(14-18(17)22(25)28)24(30)26(23(19)29)16-38(34-10-4,35-11-5)36-12-6/h13-14H,7-12,15-16H2,1-6H3. The molecule has 0 aliphatic rings. The molecule has 210 valence electrons. The molecular weight excluding hydrogens is 532 g/mol. The van der Waals surface area contributed by atoms with Gasteiger partial charge in [0.15, 0.2) is 0 Å². The quantitative estimate of drug-likeness (QED) is 0.231. The third kappa shape index (κ3) is 5.67. The lowest BCUT2D eigenvalue weighted by molar-refractivity contribution is 0.0637. The van der Waals surface area contributed by atoms with E-state index in [9.17, 15) is 19.2 Å². The fraction of sp³-hybridized carbons (Fsp3) is 0.583. The van der Waals surface area contributed by atoms with Crippen LogP contribution in [0.25, 0.3) is 21.5 Å². The van der Waals surface area contributed by atoms with Gasteiger partial charge in [-0.2, -0.15) is 0 Å². The van der Waals surface area contributed by atoms with Crippen molar-refractivity contribution >= 4 is 39.2 Å². The third-order valence-electron chi connectivity index (χ3n) is 5.95. The summed E-state index contributed by atoms with van der Waals surface area (Å²) in [5.74, 6) is 0. The summed E-state index contributed by atoms with van der Waals surface area (Å²) >= 11 is 0. The van der Waals surface area contributed by atoms with Crippen molar-refractivity contribution in [3.05, 3.63) is 53.5 Å². The molecule has 0 atom stereocenters. The van der Waals surface area contributed by atoms with Crippen LogP contribution in [0.15, 0.2) is 31.3 Å². The minimum absolute atomic E-state index is 0.0343. The molecule has 38 heavy (non-hydrogen) atoms. The van der Waals surface area contributed by atoms with Gasteiger partial charge in [0.05, 0.1) is 33.9 Å². The molecule has 0 fully saturated rings. The summed E-state index contributed by atoms with van der Waals surface area (Å²) in [6.07, 6.45) is -0.364. The van der Waals surface area contributed by atoms with Gasteiger partial charge in [0.2, 0.25) is 0 Å². The highest BCUT2D eigenvalue weighted by atomic mass is 28.4. The number of aromatic nitrogens is 2. The van der Waals surface area contributed by atoms with Crippen LogP contribution in [-0.4, -0.2) is 66.4 Å². The number of hydrogen-bond donors (Lipinski definition) is 0. The zero-order valence-corrected chi connectivity index (χ0v) is 24.8. The highest BCUT2D eigenvalue weighted by molar-refractivity contribution is 6.59. The molecule has 0 amide bonds. The Morgan fingerprint density at radius 1 is 0.474 bits per heavy atom. The first-order valence-electron chi connectivity index (χ1n) is 12.9. The topological polar surface area (TPSA) is 134 Å². The van der Waals surface area contributed by atoms with Crippen LogP contribution < -0.4 is 22.2 Å². The van der Waals surface area contributed by atoms with Gasteiger partial charge >= 0.3 is 17.6 Å². The first-order valence-corrected chi connectivity index (χ1v) is 16.8. The number of hydrogen-bond acceptors (Lipinski definition) is 10. The van der Waals surface area contributed by atoms with Crippen LogP contribution in [0.5, 0.6) is 0 Å². The summed E-state index contributed by atoms with van der Waals surface area (Å²) in [5, 5.41) is 0.137. The predicted octanol–water partition coefficient (Wildman–Crippen LogP) is 1.09. The molecule has 0 bridgehead atoms. The van der Waals surface area contributed by atoms with Crippen LogP contribution in [-0.2, 0) is 38.9 Å². The Hall–Kier alpha value is -2.31. The van der Waals surface area contributed by atoms with Gasteiger partial charge in [-0.3, -0.25) is 28.3 Å². The molecule has 0 unspecified atom stereocenters. The number of benzene rings is 1. The van der Waals surface area contributed by atoms with Gasteiger partial charge in [-0.1, -0.05) is 0 Å². The zero-order chi connectivity index (χ0) is 28.1. The van der Waals surface area contributed by atoms with Crippen LogP contribution in [0.1, 0.15) is 41.5 Å². The van der Waals surface area contributed by atoms with E-state index in [4.69, 9.17) is 26.6 Å². The normalized spacial score (nSPS) is 12.8. The van der Waals surface area contributed by atoms with Gasteiger partial charge in [0, 0.05) is 39.6 Å². The Labute approximate surface area is 222 Å². The molecule has 0 aliphatic carbocycles. The highest BCUT2D eigenvalue weighted by Gasteiger charge is 2.44. The Morgan fingerprint density at radius 2 is 0.684 bits per heavy atom. The molecule has 2 heterocycles. The average Bonchev–Trinajstić information content (AvgIpc) is 3.24. The molecule has 0 aliphatic heterocycles. The molecule has 0 N–H and O–H groups in total. The number of rotatable bonds is 16. The van der Waals surface area contributed by atoms with Crippen LogP contribution in [0.3, 0.4) is 0 Å². The van der Waals surface area contributed by atoms with Crippen molar-refractivity contribution in [2.75, 3.05) is 39.6 Å². The average molecular weight is 569 g/mol. The summed E-state index contributed by atoms with van der Waals surface area (Å²) in [6, 6.07) is 2.61. The van der Waals surface area contributed by atoms with Crippen molar-refractivity contribution in [2.45, 2.75) is 53.9 Å². The Balaban J connectivity index is 2.18. The molecular formula is C24H36N2O10Si2. The SMILES string of the molecule is CCO[Si](Cn1c(=O)c2cc3c(=O)n(C[Si](OCC)(OCC)OCC)c(=O)c3cc2c1=O)(OCC)OCC. The van der Waals surface area contributed by atoms with Crippen molar-refractivity contribution < 1.29 is 26.6 Å². The van der Waals surface area contributed by atoms with Gasteiger partial charge < -0.3 is 26.6 Å². The van der Waals surface area contributed by atoms with Crippen molar-refractivity contribution in [3.8, 4) is 0 Å². The predicted molar refractivity (Wildman–Crippen MR) is 146 cm³/mol. The molecule has 0 saturated carbocycles. The van der Waals surface area contributed by atoms with E-state index < -0.39 is 39.8 Å². The first-order chi connectivity index (χ1) is 18.2. The van der Waals surface area contributed by atoms with Crippen molar-refractivity contribution in [1.29, 1.82) is 0 Å². The lowest BCUT2D eigenvalue weighted by Gasteiger charge is -2.28. The molecule has 3 rings (SSSR count). The second kappa shape index (κ2) is 12.7.